The van der Waals surface area contributed by atoms with Crippen molar-refractivity contribution < 1.29 is 4.79 Å². The van der Waals surface area contributed by atoms with Gasteiger partial charge >= 0.3 is 0 Å². The Morgan fingerprint density at radius 1 is 1.14 bits per heavy atom. The van der Waals surface area contributed by atoms with Gasteiger partial charge in [-0.1, -0.05) is 54.6 Å². The van der Waals surface area contributed by atoms with Crippen molar-refractivity contribution >= 4 is 5.91 Å². The van der Waals surface area contributed by atoms with E-state index in [2.05, 4.69) is 53.4 Å². The van der Waals surface area contributed by atoms with E-state index in [1.807, 2.05) is 13.0 Å². The predicted octanol–water partition coefficient (Wildman–Crippen LogP) is 2.51. The molecule has 0 radical (unpaired) electrons. The quantitative estimate of drug-likeness (QED) is 0.939. The van der Waals surface area contributed by atoms with Gasteiger partial charge in [0.1, 0.15) is 0 Å². The molecule has 3 rings (SSSR count). The maximum absolute atomic E-state index is 11.5. The van der Waals surface area contributed by atoms with Crippen molar-refractivity contribution in [3.05, 3.63) is 71.3 Å². The lowest BCUT2D eigenvalue weighted by atomic mass is 9.84. The van der Waals surface area contributed by atoms with Crippen LogP contribution >= 0.6 is 0 Å². The molecule has 0 fully saturated rings. The minimum absolute atomic E-state index is 0.246. The SMILES string of the molecule is C[C@@H](C(N)=O)N1Cc2ccccc2[C@@H](c2ccccc2)C1. The number of carbonyl (C=O) groups excluding carboxylic acids is 1. The largest absolute Gasteiger partial charge is 0.368 e. The van der Waals surface area contributed by atoms with Crippen molar-refractivity contribution in [2.24, 2.45) is 5.73 Å². The molecule has 0 spiro atoms. The number of primary amides is 1. The predicted molar refractivity (Wildman–Crippen MR) is 83.8 cm³/mol. The molecule has 0 bridgehead atoms. The van der Waals surface area contributed by atoms with Gasteiger partial charge in [0.15, 0.2) is 0 Å². The van der Waals surface area contributed by atoms with Crippen LogP contribution in [-0.4, -0.2) is 23.4 Å². The molecule has 1 amide bonds. The van der Waals surface area contributed by atoms with Crippen LogP contribution in [0.5, 0.6) is 0 Å². The van der Waals surface area contributed by atoms with Crippen molar-refractivity contribution in [1.82, 2.24) is 4.90 Å². The average molecular weight is 280 g/mol. The van der Waals surface area contributed by atoms with Gasteiger partial charge in [-0.15, -0.1) is 0 Å². The molecule has 0 saturated carbocycles. The molecule has 2 aromatic rings. The highest BCUT2D eigenvalue weighted by atomic mass is 16.1. The fourth-order valence-electron chi connectivity index (χ4n) is 3.08. The Morgan fingerprint density at radius 3 is 2.52 bits per heavy atom. The standard InChI is InChI=1S/C18H20N2O/c1-13(18(19)21)20-11-15-9-5-6-10-16(15)17(12-20)14-7-3-2-4-8-14/h2-10,13,17H,11-12H2,1H3,(H2,19,21)/t13-,17+/m0/s1. The van der Waals surface area contributed by atoms with Gasteiger partial charge < -0.3 is 5.73 Å². The summed E-state index contributed by atoms with van der Waals surface area (Å²) in [4.78, 5) is 13.7. The third-order valence-corrected chi connectivity index (χ3v) is 4.38. The molecule has 0 aliphatic carbocycles. The Kier molecular flexibility index (Phi) is 3.76. The van der Waals surface area contributed by atoms with E-state index >= 15 is 0 Å². The molecule has 0 unspecified atom stereocenters. The first-order valence-corrected chi connectivity index (χ1v) is 7.33. The lowest BCUT2D eigenvalue weighted by molar-refractivity contribution is -0.123. The first-order valence-electron chi connectivity index (χ1n) is 7.33. The maximum atomic E-state index is 11.5. The molecule has 21 heavy (non-hydrogen) atoms. The zero-order valence-corrected chi connectivity index (χ0v) is 12.2. The summed E-state index contributed by atoms with van der Waals surface area (Å²) in [6.07, 6.45) is 0. The van der Waals surface area contributed by atoms with Gasteiger partial charge in [0.2, 0.25) is 5.91 Å². The number of nitrogens with zero attached hydrogens (tertiary/aromatic N) is 1. The molecule has 2 aromatic carbocycles. The van der Waals surface area contributed by atoms with Crippen LogP contribution in [0.15, 0.2) is 54.6 Å². The molecule has 1 aliphatic rings. The molecule has 1 aliphatic heterocycles. The molecule has 0 aromatic heterocycles. The number of rotatable bonds is 3. The van der Waals surface area contributed by atoms with Crippen molar-refractivity contribution in [2.45, 2.75) is 25.4 Å². The van der Waals surface area contributed by atoms with E-state index in [0.29, 0.717) is 0 Å². The minimum atomic E-state index is -0.263. The van der Waals surface area contributed by atoms with E-state index in [1.165, 1.54) is 16.7 Å². The van der Waals surface area contributed by atoms with Crippen LogP contribution in [0.4, 0.5) is 0 Å². The number of amides is 1. The Hall–Kier alpha value is -2.13. The van der Waals surface area contributed by atoms with Gasteiger partial charge in [0.05, 0.1) is 6.04 Å². The Balaban J connectivity index is 2.00. The Bertz CT molecular complexity index is 639. The number of nitrogens with two attached hydrogens (primary N) is 1. The maximum Gasteiger partial charge on any atom is 0.234 e. The lowest BCUT2D eigenvalue weighted by Gasteiger charge is -2.37. The highest BCUT2D eigenvalue weighted by molar-refractivity contribution is 5.79. The number of fused-ring (bicyclic) bond motifs is 1. The van der Waals surface area contributed by atoms with Crippen LogP contribution in [0.3, 0.4) is 0 Å². The molecular weight excluding hydrogens is 260 g/mol. The first-order chi connectivity index (χ1) is 10.2. The van der Waals surface area contributed by atoms with Gasteiger partial charge in [0.25, 0.3) is 0 Å². The zero-order chi connectivity index (χ0) is 14.8. The summed E-state index contributed by atoms with van der Waals surface area (Å²) in [5.41, 5.74) is 9.41. The van der Waals surface area contributed by atoms with Gasteiger partial charge in [-0.05, 0) is 23.6 Å². The third kappa shape index (κ3) is 2.69. The van der Waals surface area contributed by atoms with E-state index in [-0.39, 0.29) is 17.9 Å². The molecule has 2 N–H and O–H groups in total. The third-order valence-electron chi connectivity index (χ3n) is 4.38. The van der Waals surface area contributed by atoms with Crippen LogP contribution in [0.25, 0.3) is 0 Å². The van der Waals surface area contributed by atoms with Crippen LogP contribution < -0.4 is 5.73 Å². The molecule has 0 saturated heterocycles. The normalized spacial score (nSPS) is 19.8. The molecule has 108 valence electrons. The smallest absolute Gasteiger partial charge is 0.234 e. The molecule has 2 atom stereocenters. The summed E-state index contributed by atoms with van der Waals surface area (Å²) >= 11 is 0. The second-order valence-corrected chi connectivity index (χ2v) is 5.67. The van der Waals surface area contributed by atoms with Crippen molar-refractivity contribution in [3.8, 4) is 0 Å². The highest BCUT2D eigenvalue weighted by Gasteiger charge is 2.30. The summed E-state index contributed by atoms with van der Waals surface area (Å²) < 4.78 is 0. The van der Waals surface area contributed by atoms with E-state index in [4.69, 9.17) is 5.73 Å². The van der Waals surface area contributed by atoms with E-state index in [1.54, 1.807) is 0 Å². The number of carbonyl (C=O) groups is 1. The monoisotopic (exact) mass is 280 g/mol. The van der Waals surface area contributed by atoms with E-state index in [9.17, 15) is 4.79 Å². The zero-order valence-electron chi connectivity index (χ0n) is 12.2. The Morgan fingerprint density at radius 2 is 1.81 bits per heavy atom. The molecule has 3 nitrogen and oxygen atoms in total. The highest BCUT2D eigenvalue weighted by Crippen LogP contribution is 2.34. The summed E-state index contributed by atoms with van der Waals surface area (Å²) in [5, 5.41) is 0. The average Bonchev–Trinajstić information content (AvgIpc) is 2.53. The fourth-order valence-corrected chi connectivity index (χ4v) is 3.08. The van der Waals surface area contributed by atoms with Crippen LogP contribution in [-0.2, 0) is 11.3 Å². The van der Waals surface area contributed by atoms with Crippen molar-refractivity contribution in [3.63, 3.8) is 0 Å². The van der Waals surface area contributed by atoms with Crippen LogP contribution in [0.1, 0.15) is 29.5 Å². The molecular formula is C18H20N2O. The van der Waals surface area contributed by atoms with E-state index in [0.717, 1.165) is 13.1 Å². The lowest BCUT2D eigenvalue weighted by Crippen LogP contribution is -2.46. The van der Waals surface area contributed by atoms with Gasteiger partial charge in [0, 0.05) is 19.0 Å². The Labute approximate surface area is 125 Å². The number of hydrogen-bond donors (Lipinski definition) is 1. The van der Waals surface area contributed by atoms with E-state index < -0.39 is 0 Å². The molecule has 3 heteroatoms. The van der Waals surface area contributed by atoms with Crippen molar-refractivity contribution in [2.75, 3.05) is 6.54 Å². The first kappa shape index (κ1) is 13.8. The van der Waals surface area contributed by atoms with Gasteiger partial charge in [-0.3, -0.25) is 9.69 Å². The van der Waals surface area contributed by atoms with Crippen molar-refractivity contribution in [1.29, 1.82) is 0 Å². The number of hydrogen-bond acceptors (Lipinski definition) is 2. The van der Waals surface area contributed by atoms with Gasteiger partial charge in [-0.2, -0.15) is 0 Å². The second-order valence-electron chi connectivity index (χ2n) is 5.67. The van der Waals surface area contributed by atoms with Gasteiger partial charge in [-0.25, -0.2) is 0 Å². The fraction of sp³-hybridized carbons (Fsp3) is 0.278. The molecule has 1 heterocycles. The summed E-state index contributed by atoms with van der Waals surface area (Å²) in [6.45, 7) is 3.49. The van der Waals surface area contributed by atoms with Crippen LogP contribution in [0.2, 0.25) is 0 Å². The summed E-state index contributed by atoms with van der Waals surface area (Å²) in [6, 6.07) is 18.7. The summed E-state index contributed by atoms with van der Waals surface area (Å²) in [5.74, 6) is 0.0270. The summed E-state index contributed by atoms with van der Waals surface area (Å²) in [7, 11) is 0. The number of benzene rings is 2. The topological polar surface area (TPSA) is 46.3 Å². The minimum Gasteiger partial charge on any atom is -0.368 e. The second kappa shape index (κ2) is 5.70. The van der Waals surface area contributed by atoms with Crippen LogP contribution in [0, 0.1) is 0 Å².